The lowest BCUT2D eigenvalue weighted by atomic mass is 10.1. The zero-order valence-corrected chi connectivity index (χ0v) is 14.5. The van der Waals surface area contributed by atoms with Crippen LogP contribution in [0.2, 0.25) is 0 Å². The summed E-state index contributed by atoms with van der Waals surface area (Å²) in [6.07, 6.45) is 0. The van der Waals surface area contributed by atoms with E-state index in [4.69, 9.17) is 4.99 Å². The van der Waals surface area contributed by atoms with Crippen molar-refractivity contribution in [3.63, 3.8) is 0 Å². The standard InChI is InChI=1S/C20H23N3O/c1-4-22(5-2)14-23-18-13-9-7-11-16(18)19(20(23)24)21-17-12-8-6-10-15(17)3/h6-13H,4-5,14H2,1-3H3/p+1. The summed E-state index contributed by atoms with van der Waals surface area (Å²) in [6.45, 7) is 8.97. The fraction of sp³-hybridized carbons (Fsp3) is 0.300. The minimum atomic E-state index is -0.00106. The molecule has 0 unspecified atom stereocenters. The Morgan fingerprint density at radius 3 is 2.38 bits per heavy atom. The van der Waals surface area contributed by atoms with Crippen molar-refractivity contribution in [3.8, 4) is 0 Å². The summed E-state index contributed by atoms with van der Waals surface area (Å²) < 4.78 is 0. The van der Waals surface area contributed by atoms with Gasteiger partial charge in [-0.15, -0.1) is 0 Å². The number of para-hydroxylation sites is 2. The number of rotatable bonds is 5. The maximum Gasteiger partial charge on any atom is 0.281 e. The van der Waals surface area contributed by atoms with E-state index in [-0.39, 0.29) is 5.91 Å². The number of benzene rings is 2. The number of carbonyl (C=O) groups is 1. The average Bonchev–Trinajstić information content (AvgIpc) is 2.87. The molecule has 124 valence electrons. The van der Waals surface area contributed by atoms with Crippen molar-refractivity contribution in [2.24, 2.45) is 4.99 Å². The Morgan fingerprint density at radius 2 is 1.67 bits per heavy atom. The molecule has 2 aromatic carbocycles. The van der Waals surface area contributed by atoms with Gasteiger partial charge in [-0.3, -0.25) is 9.69 Å². The molecule has 4 heteroatoms. The maximum atomic E-state index is 13.0. The van der Waals surface area contributed by atoms with Crippen LogP contribution >= 0.6 is 0 Å². The summed E-state index contributed by atoms with van der Waals surface area (Å²) >= 11 is 0. The lowest BCUT2D eigenvalue weighted by Gasteiger charge is -2.23. The SMILES string of the molecule is CC[NH+](CC)CN1C(=O)C(=Nc2ccccc2C)c2ccccc21. The van der Waals surface area contributed by atoms with Gasteiger partial charge in [0.25, 0.3) is 5.91 Å². The van der Waals surface area contributed by atoms with Gasteiger partial charge in [0.2, 0.25) is 0 Å². The van der Waals surface area contributed by atoms with Gasteiger partial charge in [-0.2, -0.15) is 0 Å². The number of hydrogen-bond donors (Lipinski definition) is 1. The van der Waals surface area contributed by atoms with Gasteiger partial charge >= 0.3 is 0 Å². The molecule has 3 rings (SSSR count). The predicted molar refractivity (Wildman–Crippen MR) is 98.2 cm³/mol. The quantitative estimate of drug-likeness (QED) is 0.901. The molecule has 1 heterocycles. The fourth-order valence-corrected chi connectivity index (χ4v) is 3.03. The molecule has 0 saturated heterocycles. The number of amides is 1. The molecule has 0 atom stereocenters. The zero-order chi connectivity index (χ0) is 17.1. The number of nitrogens with zero attached hydrogens (tertiary/aromatic N) is 2. The molecule has 1 aliphatic rings. The van der Waals surface area contributed by atoms with E-state index >= 15 is 0 Å². The van der Waals surface area contributed by atoms with E-state index in [2.05, 4.69) is 13.8 Å². The minimum absolute atomic E-state index is 0.00106. The highest BCUT2D eigenvalue weighted by molar-refractivity contribution is 6.54. The van der Waals surface area contributed by atoms with Crippen molar-refractivity contribution in [2.45, 2.75) is 20.8 Å². The molecular weight excluding hydrogens is 298 g/mol. The third-order valence-electron chi connectivity index (χ3n) is 4.63. The Bertz CT molecular complexity index is 778. The number of nitrogens with one attached hydrogen (secondary N) is 1. The molecule has 0 aliphatic carbocycles. The van der Waals surface area contributed by atoms with Crippen LogP contribution in [0.3, 0.4) is 0 Å². The number of anilines is 1. The highest BCUT2D eigenvalue weighted by Crippen LogP contribution is 2.30. The Morgan fingerprint density at radius 1 is 1.00 bits per heavy atom. The molecule has 4 nitrogen and oxygen atoms in total. The molecule has 1 N–H and O–H groups in total. The van der Waals surface area contributed by atoms with Crippen LogP contribution in [0.5, 0.6) is 0 Å². The molecule has 2 aromatic rings. The van der Waals surface area contributed by atoms with E-state index in [0.29, 0.717) is 12.4 Å². The van der Waals surface area contributed by atoms with Crippen LogP contribution in [-0.2, 0) is 4.79 Å². The van der Waals surface area contributed by atoms with Gasteiger partial charge < -0.3 is 4.90 Å². The normalized spacial score (nSPS) is 15.4. The number of aliphatic imine (C=N–C) groups is 1. The van der Waals surface area contributed by atoms with Crippen molar-refractivity contribution in [1.29, 1.82) is 0 Å². The van der Waals surface area contributed by atoms with E-state index < -0.39 is 0 Å². The van der Waals surface area contributed by atoms with Crippen LogP contribution in [-0.4, -0.2) is 31.4 Å². The van der Waals surface area contributed by atoms with Gasteiger partial charge in [0.1, 0.15) is 5.71 Å². The number of fused-ring (bicyclic) bond motifs is 1. The second-order valence-corrected chi connectivity index (χ2v) is 6.11. The van der Waals surface area contributed by atoms with Gasteiger partial charge in [0.15, 0.2) is 6.67 Å². The summed E-state index contributed by atoms with van der Waals surface area (Å²) in [4.78, 5) is 21.0. The first-order valence-corrected chi connectivity index (χ1v) is 8.54. The minimum Gasteiger partial charge on any atom is -0.318 e. The van der Waals surface area contributed by atoms with Crippen molar-refractivity contribution in [2.75, 3.05) is 24.7 Å². The van der Waals surface area contributed by atoms with Gasteiger partial charge in [0.05, 0.1) is 24.5 Å². The largest absolute Gasteiger partial charge is 0.318 e. The van der Waals surface area contributed by atoms with E-state index in [0.717, 1.165) is 35.6 Å². The number of aryl methyl sites for hydroxylation is 1. The van der Waals surface area contributed by atoms with E-state index in [1.54, 1.807) is 0 Å². The molecule has 1 aliphatic heterocycles. The van der Waals surface area contributed by atoms with E-state index in [1.807, 2.05) is 60.4 Å². The first-order chi connectivity index (χ1) is 11.7. The van der Waals surface area contributed by atoms with E-state index in [9.17, 15) is 4.79 Å². The number of quaternary nitrogens is 1. The van der Waals surface area contributed by atoms with Crippen molar-refractivity contribution < 1.29 is 9.69 Å². The lowest BCUT2D eigenvalue weighted by molar-refractivity contribution is -0.895. The molecule has 0 bridgehead atoms. The smallest absolute Gasteiger partial charge is 0.281 e. The molecule has 0 spiro atoms. The number of hydrogen-bond acceptors (Lipinski definition) is 2. The molecule has 1 amide bonds. The van der Waals surface area contributed by atoms with Gasteiger partial charge in [0, 0.05) is 5.56 Å². The highest BCUT2D eigenvalue weighted by atomic mass is 16.2. The van der Waals surface area contributed by atoms with Crippen molar-refractivity contribution in [3.05, 3.63) is 59.7 Å². The molecular formula is C20H24N3O+. The van der Waals surface area contributed by atoms with E-state index in [1.165, 1.54) is 4.90 Å². The Balaban J connectivity index is 2.03. The van der Waals surface area contributed by atoms with Crippen LogP contribution in [0.1, 0.15) is 25.0 Å². The molecule has 24 heavy (non-hydrogen) atoms. The Labute approximate surface area is 143 Å². The average molecular weight is 322 g/mol. The van der Waals surface area contributed by atoms with Crippen molar-refractivity contribution >= 4 is 23.0 Å². The van der Waals surface area contributed by atoms with Crippen LogP contribution in [0.25, 0.3) is 0 Å². The lowest BCUT2D eigenvalue weighted by Crippen LogP contribution is -3.13. The molecule has 0 radical (unpaired) electrons. The first-order valence-electron chi connectivity index (χ1n) is 8.54. The molecule has 0 fully saturated rings. The molecule has 0 saturated carbocycles. The van der Waals surface area contributed by atoms with Gasteiger partial charge in [-0.05, 0) is 38.5 Å². The summed E-state index contributed by atoms with van der Waals surface area (Å²) in [5, 5.41) is 0. The summed E-state index contributed by atoms with van der Waals surface area (Å²) in [6, 6.07) is 15.9. The third-order valence-corrected chi connectivity index (χ3v) is 4.63. The second-order valence-electron chi connectivity index (χ2n) is 6.11. The molecule has 0 aromatic heterocycles. The predicted octanol–water partition coefficient (Wildman–Crippen LogP) is 2.34. The van der Waals surface area contributed by atoms with Gasteiger partial charge in [-0.25, -0.2) is 4.99 Å². The Hall–Kier alpha value is -2.46. The monoisotopic (exact) mass is 322 g/mol. The summed E-state index contributed by atoms with van der Waals surface area (Å²) in [7, 11) is 0. The first kappa shape index (κ1) is 16.4. The number of carbonyl (C=O) groups excluding carboxylic acids is 1. The maximum absolute atomic E-state index is 13.0. The Kier molecular flexibility index (Phi) is 4.76. The summed E-state index contributed by atoms with van der Waals surface area (Å²) in [5.74, 6) is -0.00106. The van der Waals surface area contributed by atoms with Gasteiger partial charge in [-0.1, -0.05) is 36.4 Å². The third kappa shape index (κ3) is 2.97. The fourth-order valence-electron chi connectivity index (χ4n) is 3.03. The van der Waals surface area contributed by atoms with Crippen LogP contribution < -0.4 is 9.80 Å². The van der Waals surface area contributed by atoms with Crippen molar-refractivity contribution in [1.82, 2.24) is 0 Å². The van der Waals surface area contributed by atoms with Crippen LogP contribution in [0, 0.1) is 6.92 Å². The topological polar surface area (TPSA) is 37.1 Å². The summed E-state index contributed by atoms with van der Waals surface area (Å²) in [5.41, 5.74) is 4.37. The highest BCUT2D eigenvalue weighted by Gasteiger charge is 2.35. The second kappa shape index (κ2) is 6.97. The van der Waals surface area contributed by atoms with Crippen LogP contribution in [0.4, 0.5) is 11.4 Å². The van der Waals surface area contributed by atoms with Crippen LogP contribution in [0.15, 0.2) is 53.5 Å². The zero-order valence-electron chi connectivity index (χ0n) is 14.5.